The Balaban J connectivity index is 1.42. The first kappa shape index (κ1) is 29.5. The zero-order valence-corrected chi connectivity index (χ0v) is 24.5. The molecule has 0 bridgehead atoms. The number of halogens is 1. The number of amides is 1. The quantitative estimate of drug-likeness (QED) is 0.238. The zero-order chi connectivity index (χ0) is 30.7. The summed E-state index contributed by atoms with van der Waals surface area (Å²) in [5, 5.41) is 7.97. The SMILES string of the molecule is C[C@@H](Cn1c(=O)cc(Nc2ccc(Oc3ccc4nccn4n3)cc2)n(Cc2ccc(Cl)cc2)c1=O)C(=O)NS(C)(=O)=O. The summed E-state index contributed by atoms with van der Waals surface area (Å²) in [6.45, 7) is 1.17. The van der Waals surface area contributed by atoms with E-state index in [1.54, 1.807) is 77.6 Å². The minimum absolute atomic E-state index is 0.0755. The molecule has 13 nitrogen and oxygen atoms in total. The molecule has 2 aromatic carbocycles. The molecule has 222 valence electrons. The van der Waals surface area contributed by atoms with Crippen LogP contribution in [0.1, 0.15) is 12.5 Å². The summed E-state index contributed by atoms with van der Waals surface area (Å²) in [4.78, 5) is 43.2. The third-order valence-electron chi connectivity index (χ3n) is 6.30. The van der Waals surface area contributed by atoms with Gasteiger partial charge in [0.15, 0.2) is 5.65 Å². The number of carbonyl (C=O) groups is 1. The smallest absolute Gasteiger partial charge is 0.332 e. The van der Waals surface area contributed by atoms with E-state index in [2.05, 4.69) is 15.4 Å². The number of imidazole rings is 1. The van der Waals surface area contributed by atoms with Gasteiger partial charge >= 0.3 is 5.69 Å². The molecule has 0 aliphatic rings. The molecule has 3 heterocycles. The van der Waals surface area contributed by atoms with Crippen LogP contribution < -0.4 is 26.0 Å². The molecule has 2 N–H and O–H groups in total. The van der Waals surface area contributed by atoms with Gasteiger partial charge in [-0.2, -0.15) is 0 Å². The van der Waals surface area contributed by atoms with E-state index in [9.17, 15) is 22.8 Å². The molecule has 43 heavy (non-hydrogen) atoms. The summed E-state index contributed by atoms with van der Waals surface area (Å²) in [7, 11) is -3.81. The van der Waals surface area contributed by atoms with Gasteiger partial charge in [-0.15, -0.1) is 5.10 Å². The van der Waals surface area contributed by atoms with Gasteiger partial charge in [0.25, 0.3) is 5.56 Å². The van der Waals surface area contributed by atoms with Gasteiger partial charge in [0, 0.05) is 41.8 Å². The van der Waals surface area contributed by atoms with E-state index < -0.39 is 33.1 Å². The molecule has 5 aromatic rings. The largest absolute Gasteiger partial charge is 0.438 e. The number of hydrogen-bond donors (Lipinski definition) is 2. The van der Waals surface area contributed by atoms with Gasteiger partial charge < -0.3 is 10.1 Å². The van der Waals surface area contributed by atoms with Gasteiger partial charge in [-0.1, -0.05) is 30.7 Å². The number of fused-ring (bicyclic) bond motifs is 1. The lowest BCUT2D eigenvalue weighted by Gasteiger charge is -2.18. The van der Waals surface area contributed by atoms with Gasteiger partial charge in [0.1, 0.15) is 11.6 Å². The van der Waals surface area contributed by atoms with E-state index in [4.69, 9.17) is 16.3 Å². The van der Waals surface area contributed by atoms with Crippen LogP contribution in [0.2, 0.25) is 5.02 Å². The Bertz CT molecular complexity index is 2020. The summed E-state index contributed by atoms with van der Waals surface area (Å²) in [6, 6.07) is 18.4. The van der Waals surface area contributed by atoms with Crippen LogP contribution in [0.5, 0.6) is 11.6 Å². The van der Waals surface area contributed by atoms with E-state index in [0.29, 0.717) is 28.0 Å². The fourth-order valence-corrected chi connectivity index (χ4v) is 4.87. The number of nitrogens with one attached hydrogen (secondary N) is 2. The fraction of sp³-hybridized carbons (Fsp3) is 0.179. The summed E-state index contributed by atoms with van der Waals surface area (Å²) in [5.74, 6) is -0.739. The zero-order valence-electron chi connectivity index (χ0n) is 23.0. The summed E-state index contributed by atoms with van der Waals surface area (Å²) in [6.07, 6.45) is 4.19. The second-order valence-corrected chi connectivity index (χ2v) is 12.0. The lowest BCUT2D eigenvalue weighted by molar-refractivity contribution is -0.123. The Kier molecular flexibility index (Phi) is 8.32. The minimum Gasteiger partial charge on any atom is -0.438 e. The van der Waals surface area contributed by atoms with Crippen molar-refractivity contribution in [2.24, 2.45) is 5.92 Å². The molecule has 0 spiro atoms. The topological polar surface area (TPSA) is 159 Å². The molecule has 0 saturated heterocycles. The first-order valence-corrected chi connectivity index (χ1v) is 15.2. The number of hydrogen-bond acceptors (Lipinski definition) is 9. The van der Waals surface area contributed by atoms with Crippen LogP contribution in [0.15, 0.2) is 88.7 Å². The van der Waals surface area contributed by atoms with Crippen LogP contribution in [0.4, 0.5) is 11.5 Å². The van der Waals surface area contributed by atoms with Crippen molar-refractivity contribution in [2.75, 3.05) is 11.6 Å². The van der Waals surface area contributed by atoms with Crippen molar-refractivity contribution < 1.29 is 17.9 Å². The Morgan fingerprint density at radius 1 is 1.02 bits per heavy atom. The third-order valence-corrected chi connectivity index (χ3v) is 7.13. The fourth-order valence-electron chi connectivity index (χ4n) is 4.18. The minimum atomic E-state index is -3.81. The maximum atomic E-state index is 13.6. The highest BCUT2D eigenvalue weighted by Crippen LogP contribution is 2.23. The van der Waals surface area contributed by atoms with E-state index in [-0.39, 0.29) is 18.9 Å². The maximum Gasteiger partial charge on any atom is 0.332 e. The van der Waals surface area contributed by atoms with Crippen molar-refractivity contribution >= 4 is 44.7 Å². The van der Waals surface area contributed by atoms with E-state index in [1.165, 1.54) is 17.6 Å². The molecule has 0 aliphatic carbocycles. The number of benzene rings is 2. The molecule has 0 unspecified atom stereocenters. The van der Waals surface area contributed by atoms with Gasteiger partial charge in [0.2, 0.25) is 21.8 Å². The number of rotatable bonds is 10. The van der Waals surface area contributed by atoms with Crippen LogP contribution in [0.3, 0.4) is 0 Å². The normalized spacial score (nSPS) is 12.2. The van der Waals surface area contributed by atoms with Crippen LogP contribution in [0.25, 0.3) is 5.65 Å². The number of aromatic nitrogens is 5. The molecule has 15 heteroatoms. The molecular weight excluding hydrogens is 598 g/mol. The van der Waals surface area contributed by atoms with Crippen molar-refractivity contribution in [3.8, 4) is 11.6 Å². The van der Waals surface area contributed by atoms with Crippen LogP contribution in [0, 0.1) is 5.92 Å². The average Bonchev–Trinajstić information content (AvgIpc) is 3.42. The summed E-state index contributed by atoms with van der Waals surface area (Å²) >= 11 is 6.02. The van der Waals surface area contributed by atoms with E-state index in [0.717, 1.165) is 16.4 Å². The van der Waals surface area contributed by atoms with Crippen molar-refractivity contribution in [1.82, 2.24) is 28.5 Å². The summed E-state index contributed by atoms with van der Waals surface area (Å²) < 4.78 is 34.5. The number of ether oxygens (including phenoxy) is 1. The van der Waals surface area contributed by atoms with Crippen molar-refractivity contribution in [3.05, 3.63) is 111 Å². The number of anilines is 2. The molecule has 0 radical (unpaired) electrons. The van der Waals surface area contributed by atoms with Crippen molar-refractivity contribution in [2.45, 2.75) is 20.0 Å². The van der Waals surface area contributed by atoms with Gasteiger partial charge in [-0.25, -0.2) is 22.7 Å². The second-order valence-electron chi connectivity index (χ2n) is 9.77. The maximum absolute atomic E-state index is 13.6. The van der Waals surface area contributed by atoms with Crippen LogP contribution >= 0.6 is 11.6 Å². The molecule has 0 fully saturated rings. The first-order chi connectivity index (χ1) is 20.4. The number of sulfonamides is 1. The average molecular weight is 624 g/mol. The monoisotopic (exact) mass is 623 g/mol. The molecule has 1 atom stereocenters. The Morgan fingerprint density at radius 3 is 2.44 bits per heavy atom. The predicted molar refractivity (Wildman–Crippen MR) is 160 cm³/mol. The lowest BCUT2D eigenvalue weighted by atomic mass is 10.1. The number of nitrogens with zero attached hydrogens (tertiary/aromatic N) is 5. The van der Waals surface area contributed by atoms with E-state index in [1.807, 2.05) is 4.72 Å². The van der Waals surface area contributed by atoms with Crippen LogP contribution in [-0.4, -0.2) is 44.3 Å². The molecule has 0 aliphatic heterocycles. The molecule has 3 aromatic heterocycles. The van der Waals surface area contributed by atoms with Gasteiger partial charge in [-0.3, -0.25) is 23.4 Å². The molecule has 5 rings (SSSR count). The molecular formula is C28H26ClN7O6S. The standard InChI is InChI=1S/C28H26ClN7O6S/c1-18(27(38)33-43(2,40)41)16-35-26(37)15-24(34(28(35)39)17-19-3-5-20(29)6-4-19)31-21-7-9-22(10-8-21)42-25-12-11-23-30-13-14-36(23)32-25/h3-15,18,31H,16-17H2,1-2H3,(H,33,38)/t18-/m0/s1. The Hall–Kier alpha value is -4.95. The van der Waals surface area contributed by atoms with E-state index >= 15 is 0 Å². The predicted octanol–water partition coefficient (Wildman–Crippen LogP) is 3.00. The third kappa shape index (κ3) is 7.28. The lowest BCUT2D eigenvalue weighted by Crippen LogP contribution is -2.44. The second kappa shape index (κ2) is 12.1. The van der Waals surface area contributed by atoms with Gasteiger partial charge in [0.05, 0.1) is 18.7 Å². The Morgan fingerprint density at radius 2 is 1.74 bits per heavy atom. The first-order valence-electron chi connectivity index (χ1n) is 12.9. The Labute approximate surface area is 250 Å². The van der Waals surface area contributed by atoms with Gasteiger partial charge in [-0.05, 0) is 48.0 Å². The molecule has 1 amide bonds. The van der Waals surface area contributed by atoms with Crippen molar-refractivity contribution in [1.29, 1.82) is 0 Å². The summed E-state index contributed by atoms with van der Waals surface area (Å²) in [5.41, 5.74) is 0.621. The highest BCUT2D eigenvalue weighted by Gasteiger charge is 2.21. The highest BCUT2D eigenvalue weighted by atomic mass is 35.5. The van der Waals surface area contributed by atoms with Crippen molar-refractivity contribution in [3.63, 3.8) is 0 Å². The van der Waals surface area contributed by atoms with Crippen LogP contribution in [-0.2, 0) is 27.9 Å². The number of carbonyl (C=O) groups excluding carboxylic acids is 1. The highest BCUT2D eigenvalue weighted by molar-refractivity contribution is 7.89. The molecule has 0 saturated carbocycles.